The molecule has 0 aliphatic heterocycles. The normalized spacial score (nSPS) is 29.9. The van der Waals surface area contributed by atoms with Crippen molar-refractivity contribution in [2.24, 2.45) is 23.2 Å². The smallest absolute Gasteiger partial charge is 0.226 e. The van der Waals surface area contributed by atoms with E-state index < -0.39 is 0 Å². The van der Waals surface area contributed by atoms with Crippen LogP contribution in [0.1, 0.15) is 93.7 Å². The number of hydrogen-bond donors (Lipinski definition) is 2. The Balaban J connectivity index is 1.38. The number of hydrogen-bond acceptors (Lipinski definition) is 5. The van der Waals surface area contributed by atoms with Gasteiger partial charge < -0.3 is 10.4 Å². The number of rotatable bonds is 4. The maximum atomic E-state index is 13.3. The van der Waals surface area contributed by atoms with E-state index in [2.05, 4.69) is 44.1 Å². The summed E-state index contributed by atoms with van der Waals surface area (Å²) in [6.07, 6.45) is 7.51. The van der Waals surface area contributed by atoms with Gasteiger partial charge in [0.2, 0.25) is 5.91 Å². The van der Waals surface area contributed by atoms with Gasteiger partial charge in [-0.15, -0.1) is 11.3 Å². The van der Waals surface area contributed by atoms with Crippen molar-refractivity contribution in [1.29, 1.82) is 0 Å². The van der Waals surface area contributed by atoms with Crippen molar-refractivity contribution in [3.8, 4) is 5.75 Å². The highest BCUT2D eigenvalue weighted by atomic mass is 32.1. The average molecular weight is 495 g/mol. The van der Waals surface area contributed by atoms with Gasteiger partial charge >= 0.3 is 0 Å². The first-order chi connectivity index (χ1) is 16.5. The van der Waals surface area contributed by atoms with E-state index in [1.54, 1.807) is 6.20 Å². The third-order valence-electron chi connectivity index (χ3n) is 9.10. The van der Waals surface area contributed by atoms with Gasteiger partial charge in [0.1, 0.15) is 11.5 Å². The molecule has 1 amide bonds. The van der Waals surface area contributed by atoms with Gasteiger partial charge in [-0.05, 0) is 90.9 Å². The summed E-state index contributed by atoms with van der Waals surface area (Å²) in [4.78, 5) is 31.3. The molecular weight excluding hydrogens is 456 g/mol. The van der Waals surface area contributed by atoms with Gasteiger partial charge in [-0.1, -0.05) is 33.8 Å². The van der Waals surface area contributed by atoms with Crippen LogP contribution < -0.4 is 5.32 Å². The zero-order valence-electron chi connectivity index (χ0n) is 21.6. The molecule has 5 nitrogen and oxygen atoms in total. The summed E-state index contributed by atoms with van der Waals surface area (Å²) >= 11 is 1.49. The molecule has 2 N–H and O–H groups in total. The fourth-order valence-corrected chi connectivity index (χ4v) is 8.12. The van der Waals surface area contributed by atoms with Gasteiger partial charge in [0, 0.05) is 29.3 Å². The molecule has 3 aliphatic rings. The van der Waals surface area contributed by atoms with E-state index in [-0.39, 0.29) is 22.7 Å². The van der Waals surface area contributed by atoms with Crippen molar-refractivity contribution in [1.82, 2.24) is 4.98 Å². The van der Waals surface area contributed by atoms with Crippen molar-refractivity contribution in [2.45, 2.75) is 90.9 Å². The Kier molecular flexibility index (Phi) is 6.10. The van der Waals surface area contributed by atoms with Crippen LogP contribution in [0.5, 0.6) is 5.75 Å². The van der Waals surface area contributed by atoms with Gasteiger partial charge in [0.05, 0.1) is 0 Å². The summed E-state index contributed by atoms with van der Waals surface area (Å²) < 4.78 is 0. The second kappa shape index (κ2) is 8.72. The predicted octanol–water partition coefficient (Wildman–Crippen LogP) is 6.52. The molecule has 1 aromatic carbocycles. The third-order valence-corrected chi connectivity index (χ3v) is 9.93. The van der Waals surface area contributed by atoms with Crippen molar-refractivity contribution in [3.05, 3.63) is 39.9 Å². The largest absolute Gasteiger partial charge is 0.508 e. The number of ketones is 1. The summed E-state index contributed by atoms with van der Waals surface area (Å²) in [5, 5.41) is 14.3. The second-order valence-electron chi connectivity index (χ2n) is 12.4. The molecule has 0 radical (unpaired) electrons. The number of phenols is 1. The zero-order valence-corrected chi connectivity index (χ0v) is 22.4. The maximum Gasteiger partial charge on any atom is 0.226 e. The number of aromatic hydroxyl groups is 1. The van der Waals surface area contributed by atoms with Gasteiger partial charge in [-0.3, -0.25) is 9.59 Å². The summed E-state index contributed by atoms with van der Waals surface area (Å²) in [6.45, 7) is 10.6. The first-order valence-corrected chi connectivity index (χ1v) is 13.9. The SMILES string of the molecule is Cc1cnc(NC(=O)CC[C@@H]2CC(=O)[C@@]3(C)CCC4c5cc(C(C)(C)C)c(O)cc5CCC4C23)s1. The molecule has 2 fully saturated rings. The second-order valence-corrected chi connectivity index (χ2v) is 13.6. The van der Waals surface area contributed by atoms with Crippen LogP contribution in [0.3, 0.4) is 0 Å². The summed E-state index contributed by atoms with van der Waals surface area (Å²) in [5.41, 5.74) is 3.29. The highest BCUT2D eigenvalue weighted by Crippen LogP contribution is 2.62. The van der Waals surface area contributed by atoms with Crippen LogP contribution in [0.4, 0.5) is 5.13 Å². The molecule has 1 heterocycles. The average Bonchev–Trinajstić information content (AvgIpc) is 3.30. The van der Waals surface area contributed by atoms with E-state index in [9.17, 15) is 14.7 Å². The Hall–Kier alpha value is -2.21. The minimum atomic E-state index is -0.268. The molecule has 35 heavy (non-hydrogen) atoms. The van der Waals surface area contributed by atoms with E-state index >= 15 is 0 Å². The van der Waals surface area contributed by atoms with Gasteiger partial charge in [-0.2, -0.15) is 0 Å². The number of nitrogens with one attached hydrogen (secondary N) is 1. The number of anilines is 1. The van der Waals surface area contributed by atoms with E-state index in [0.717, 1.165) is 42.5 Å². The molecule has 0 bridgehead atoms. The molecule has 5 atom stereocenters. The van der Waals surface area contributed by atoms with Gasteiger partial charge in [0.15, 0.2) is 5.13 Å². The molecule has 5 rings (SSSR count). The molecule has 0 spiro atoms. The molecular formula is C29H38N2O3S. The van der Waals surface area contributed by atoms with Gasteiger partial charge in [0.25, 0.3) is 0 Å². The lowest BCUT2D eigenvalue weighted by molar-refractivity contribution is -0.129. The van der Waals surface area contributed by atoms with Crippen molar-refractivity contribution < 1.29 is 14.7 Å². The standard InChI is InChI=1S/C29H38N2O3S/c1-16-15-30-27(35-16)31-25(34)9-7-18-13-24(33)29(5)11-10-19-20(26(18)29)8-6-17-12-23(32)22(14-21(17)19)28(2,3)4/h12,14-15,18-20,26,32H,6-11,13H2,1-5H3,(H,30,31,34)/t18-,19?,20?,26?,29-/m1/s1. The van der Waals surface area contributed by atoms with Crippen molar-refractivity contribution >= 4 is 28.2 Å². The summed E-state index contributed by atoms with van der Waals surface area (Å²) in [5.74, 6) is 2.26. The highest BCUT2D eigenvalue weighted by molar-refractivity contribution is 7.15. The lowest BCUT2D eigenvalue weighted by Crippen LogP contribution is -2.44. The number of thiazole rings is 1. The molecule has 2 aromatic rings. The minimum Gasteiger partial charge on any atom is -0.508 e. The summed E-state index contributed by atoms with van der Waals surface area (Å²) in [6, 6.07) is 4.27. The number of fused-ring (bicyclic) bond motifs is 5. The molecule has 3 unspecified atom stereocenters. The van der Waals surface area contributed by atoms with Crippen LogP contribution in [0, 0.1) is 30.1 Å². The van der Waals surface area contributed by atoms with Crippen LogP contribution in [-0.2, 0) is 21.4 Å². The van der Waals surface area contributed by atoms with E-state index in [4.69, 9.17) is 0 Å². The number of carbonyl (C=O) groups is 2. The van der Waals surface area contributed by atoms with Crippen molar-refractivity contribution in [3.63, 3.8) is 0 Å². The van der Waals surface area contributed by atoms with Crippen LogP contribution in [0.2, 0.25) is 0 Å². The van der Waals surface area contributed by atoms with Crippen molar-refractivity contribution in [2.75, 3.05) is 5.32 Å². The maximum absolute atomic E-state index is 13.3. The van der Waals surface area contributed by atoms with E-state index in [1.807, 2.05) is 13.0 Å². The number of aromatic nitrogens is 1. The molecule has 6 heteroatoms. The minimum absolute atomic E-state index is 0.00737. The zero-order chi connectivity index (χ0) is 25.1. The Morgan fingerprint density at radius 2 is 2.06 bits per heavy atom. The number of benzene rings is 1. The van der Waals surface area contributed by atoms with Gasteiger partial charge in [-0.25, -0.2) is 4.98 Å². The Morgan fingerprint density at radius 3 is 2.74 bits per heavy atom. The highest BCUT2D eigenvalue weighted by Gasteiger charge is 2.58. The summed E-state index contributed by atoms with van der Waals surface area (Å²) in [7, 11) is 0. The van der Waals surface area contributed by atoms with Crippen LogP contribution >= 0.6 is 11.3 Å². The topological polar surface area (TPSA) is 79.3 Å². The first-order valence-electron chi connectivity index (χ1n) is 13.1. The molecule has 1 aromatic heterocycles. The fourth-order valence-electron chi connectivity index (χ4n) is 7.44. The number of carbonyl (C=O) groups excluding carboxylic acids is 2. The first kappa shape index (κ1) is 24.5. The molecule has 2 saturated carbocycles. The number of amides is 1. The number of phenolic OH excluding ortho intramolecular Hbond substituents is 1. The lowest BCUT2D eigenvalue weighted by Gasteiger charge is -2.50. The predicted molar refractivity (Wildman–Crippen MR) is 140 cm³/mol. The third kappa shape index (κ3) is 4.32. The Morgan fingerprint density at radius 1 is 1.29 bits per heavy atom. The molecule has 0 saturated heterocycles. The monoisotopic (exact) mass is 494 g/mol. The Labute approximate surface area is 212 Å². The molecule has 3 aliphatic carbocycles. The molecule has 188 valence electrons. The lowest BCUT2D eigenvalue weighted by atomic mass is 9.53. The van der Waals surface area contributed by atoms with Crippen LogP contribution in [0.25, 0.3) is 0 Å². The number of Topliss-reactive ketones (excluding diaryl/α,β-unsaturated/α-hetero) is 1. The van der Waals surface area contributed by atoms with Crippen LogP contribution in [-0.4, -0.2) is 21.8 Å². The number of nitrogens with zero attached hydrogens (tertiary/aromatic N) is 1. The van der Waals surface area contributed by atoms with E-state index in [1.165, 1.54) is 22.5 Å². The van der Waals surface area contributed by atoms with Crippen LogP contribution in [0.15, 0.2) is 18.3 Å². The quantitative estimate of drug-likeness (QED) is 0.507. The number of aryl methyl sites for hydroxylation is 2. The fraction of sp³-hybridized carbons (Fsp3) is 0.621. The Bertz CT molecular complexity index is 1160. The van der Waals surface area contributed by atoms with E-state index in [0.29, 0.717) is 47.3 Å².